The Bertz CT molecular complexity index is 981. The zero-order chi connectivity index (χ0) is 21.1. The van der Waals surface area contributed by atoms with Crippen molar-refractivity contribution in [3.8, 4) is 0 Å². The predicted octanol–water partition coefficient (Wildman–Crippen LogP) is 2.21. The number of sulfonamides is 1. The molecule has 0 unspecified atom stereocenters. The summed E-state index contributed by atoms with van der Waals surface area (Å²) in [4.78, 5) is 8.54. The lowest BCUT2D eigenvalue weighted by atomic mass is 10.1. The topological polar surface area (TPSA) is 86.7 Å². The molecule has 2 N–H and O–H groups in total. The first-order valence-electron chi connectivity index (χ1n) is 9.08. The third-order valence-corrected chi connectivity index (χ3v) is 6.44. The molecule has 1 aromatic heterocycles. The average molecular weight is 429 g/mol. The van der Waals surface area contributed by atoms with Crippen LogP contribution in [0.5, 0.6) is 0 Å². The first-order valence-corrected chi connectivity index (χ1v) is 10.5. The van der Waals surface area contributed by atoms with Crippen molar-refractivity contribution in [3.63, 3.8) is 0 Å². The van der Waals surface area contributed by atoms with Gasteiger partial charge in [0.05, 0.1) is 5.52 Å². The minimum Gasteiger partial charge on any atom is -0.354 e. The Morgan fingerprint density at radius 3 is 2.59 bits per heavy atom. The van der Waals surface area contributed by atoms with Crippen LogP contribution in [0.3, 0.4) is 0 Å². The molecule has 158 valence electrons. The van der Waals surface area contributed by atoms with Crippen LogP contribution >= 0.6 is 0 Å². The summed E-state index contributed by atoms with van der Waals surface area (Å²) < 4.78 is 61.5. The maximum atomic E-state index is 12.7. The second kappa shape index (κ2) is 8.54. The smallest absolute Gasteiger partial charge is 0.354 e. The number of halogens is 3. The van der Waals surface area contributed by atoms with Crippen LogP contribution in [-0.4, -0.2) is 55.4 Å². The minimum atomic E-state index is -5.27. The van der Waals surface area contributed by atoms with Crippen molar-refractivity contribution in [1.82, 2.24) is 19.9 Å². The largest absolute Gasteiger partial charge is 0.511 e. The molecule has 2 aromatic rings. The highest BCUT2D eigenvalue weighted by molar-refractivity contribution is 7.90. The maximum absolute atomic E-state index is 12.7. The van der Waals surface area contributed by atoms with Gasteiger partial charge >= 0.3 is 15.5 Å². The number of rotatable bonds is 4. The zero-order valence-corrected chi connectivity index (χ0v) is 16.6. The molecule has 1 fully saturated rings. The van der Waals surface area contributed by atoms with Crippen LogP contribution in [-0.2, 0) is 16.6 Å². The lowest BCUT2D eigenvalue weighted by Gasteiger charge is -2.32. The van der Waals surface area contributed by atoms with Crippen LogP contribution in [0, 0.1) is 0 Å². The summed E-state index contributed by atoms with van der Waals surface area (Å²) in [5.74, 6) is 0.495. The molecule has 1 saturated heterocycles. The summed E-state index contributed by atoms with van der Waals surface area (Å²) in [7, 11) is -3.67. The molecule has 7 nitrogen and oxygen atoms in total. The van der Waals surface area contributed by atoms with Crippen molar-refractivity contribution in [1.29, 1.82) is 0 Å². The second-order valence-corrected chi connectivity index (χ2v) is 8.62. The van der Waals surface area contributed by atoms with E-state index in [9.17, 15) is 21.6 Å². The molecule has 29 heavy (non-hydrogen) atoms. The minimum absolute atomic E-state index is 0.175. The number of benzene rings is 1. The Morgan fingerprint density at radius 2 is 1.93 bits per heavy atom. The van der Waals surface area contributed by atoms with E-state index >= 15 is 0 Å². The number of pyridine rings is 1. The van der Waals surface area contributed by atoms with Gasteiger partial charge in [0.1, 0.15) is 0 Å². The van der Waals surface area contributed by atoms with Crippen molar-refractivity contribution < 1.29 is 21.6 Å². The number of aromatic nitrogens is 1. The number of fused-ring (bicyclic) bond motifs is 1. The summed E-state index contributed by atoms with van der Waals surface area (Å²) in [6.07, 6.45) is 2.24. The van der Waals surface area contributed by atoms with Gasteiger partial charge in [0.25, 0.3) is 0 Å². The van der Waals surface area contributed by atoms with Gasteiger partial charge in [-0.3, -0.25) is 9.98 Å². The van der Waals surface area contributed by atoms with E-state index in [0.717, 1.165) is 16.5 Å². The molecule has 0 aliphatic carbocycles. The number of aliphatic imine (C=N–C) groups is 1. The number of piperidine rings is 1. The number of nitrogens with zero attached hydrogens (tertiary/aromatic N) is 3. The Labute approximate surface area is 167 Å². The Kier molecular flexibility index (Phi) is 6.27. The van der Waals surface area contributed by atoms with Crippen molar-refractivity contribution in [2.75, 3.05) is 20.1 Å². The number of para-hydroxylation sites is 1. The van der Waals surface area contributed by atoms with E-state index in [1.807, 2.05) is 30.3 Å². The molecule has 1 aliphatic heterocycles. The highest BCUT2D eigenvalue weighted by Crippen LogP contribution is 2.28. The molecule has 0 atom stereocenters. The molecule has 3 rings (SSSR count). The number of guanidine groups is 1. The molecule has 0 spiro atoms. The van der Waals surface area contributed by atoms with Gasteiger partial charge in [0.2, 0.25) is 0 Å². The summed E-state index contributed by atoms with van der Waals surface area (Å²) in [5.41, 5.74) is -3.40. The van der Waals surface area contributed by atoms with Gasteiger partial charge < -0.3 is 10.6 Å². The second-order valence-electron chi connectivity index (χ2n) is 6.69. The van der Waals surface area contributed by atoms with E-state index in [4.69, 9.17) is 0 Å². The first-order chi connectivity index (χ1) is 13.7. The van der Waals surface area contributed by atoms with Gasteiger partial charge in [0.15, 0.2) is 5.96 Å². The fraction of sp³-hybridized carbons (Fsp3) is 0.444. The number of alkyl halides is 3. The normalized spacial score (nSPS) is 17.4. The first kappa shape index (κ1) is 21.3. The molecule has 11 heteroatoms. The van der Waals surface area contributed by atoms with E-state index in [1.165, 1.54) is 0 Å². The number of hydrogen-bond acceptors (Lipinski definition) is 4. The quantitative estimate of drug-likeness (QED) is 0.575. The Hall–Kier alpha value is -2.40. The van der Waals surface area contributed by atoms with E-state index < -0.39 is 15.5 Å². The van der Waals surface area contributed by atoms with Crippen LogP contribution in [0.4, 0.5) is 13.2 Å². The fourth-order valence-electron chi connectivity index (χ4n) is 3.26. The molecule has 0 amide bonds. The van der Waals surface area contributed by atoms with Crippen LogP contribution in [0.2, 0.25) is 0 Å². The Morgan fingerprint density at radius 1 is 1.24 bits per heavy atom. The molecule has 0 saturated carbocycles. The van der Waals surface area contributed by atoms with Crippen molar-refractivity contribution in [2.24, 2.45) is 4.99 Å². The molecular formula is C18H22F3N5O2S. The van der Waals surface area contributed by atoms with Gasteiger partial charge in [-0.1, -0.05) is 24.3 Å². The molecule has 0 radical (unpaired) electrons. The molecule has 1 aromatic carbocycles. The van der Waals surface area contributed by atoms with Crippen molar-refractivity contribution in [2.45, 2.75) is 30.9 Å². The van der Waals surface area contributed by atoms with Crippen LogP contribution in [0.1, 0.15) is 18.4 Å². The summed E-state index contributed by atoms with van der Waals surface area (Å²) in [6, 6.07) is 9.53. The fourth-order valence-corrected chi connectivity index (χ4v) is 4.25. The van der Waals surface area contributed by atoms with Crippen LogP contribution in [0.25, 0.3) is 10.9 Å². The van der Waals surface area contributed by atoms with Gasteiger partial charge in [-0.2, -0.15) is 17.5 Å². The molecule has 1 aliphatic rings. The molecular weight excluding hydrogens is 407 g/mol. The summed E-state index contributed by atoms with van der Waals surface area (Å²) in [5, 5.41) is 7.35. The molecule has 2 heterocycles. The summed E-state index contributed by atoms with van der Waals surface area (Å²) >= 11 is 0. The van der Waals surface area contributed by atoms with E-state index in [2.05, 4.69) is 20.6 Å². The van der Waals surface area contributed by atoms with Gasteiger partial charge in [-0.05, 0) is 24.5 Å². The van der Waals surface area contributed by atoms with E-state index in [-0.39, 0.29) is 32.0 Å². The summed E-state index contributed by atoms with van der Waals surface area (Å²) in [6.45, 7) is 0.0861. The van der Waals surface area contributed by atoms with Gasteiger partial charge in [0, 0.05) is 44.3 Å². The Balaban J connectivity index is 1.56. The lowest BCUT2D eigenvalue weighted by molar-refractivity contribution is -0.0494. The van der Waals surface area contributed by atoms with Crippen LogP contribution < -0.4 is 10.6 Å². The monoisotopic (exact) mass is 429 g/mol. The average Bonchev–Trinajstić information content (AvgIpc) is 2.70. The zero-order valence-electron chi connectivity index (χ0n) is 15.8. The predicted molar refractivity (Wildman–Crippen MR) is 105 cm³/mol. The maximum Gasteiger partial charge on any atom is 0.511 e. The van der Waals surface area contributed by atoms with Crippen LogP contribution in [0.15, 0.2) is 41.5 Å². The SMILES string of the molecule is CN=C(NCc1cccc2cccnc12)NC1CCN(S(=O)(=O)C(F)(F)F)CC1. The van der Waals surface area contributed by atoms with Gasteiger partial charge in [-0.25, -0.2) is 8.42 Å². The lowest BCUT2D eigenvalue weighted by Crippen LogP contribution is -2.51. The van der Waals surface area contributed by atoms with Crippen molar-refractivity contribution >= 4 is 26.9 Å². The highest BCUT2D eigenvalue weighted by Gasteiger charge is 2.50. The van der Waals surface area contributed by atoms with Crippen molar-refractivity contribution in [3.05, 3.63) is 42.1 Å². The molecule has 0 bridgehead atoms. The standard InChI is InChI=1S/C18H22F3N5O2S/c1-22-17(24-12-14-5-2-4-13-6-3-9-23-16(13)14)25-15-7-10-26(11-8-15)29(27,28)18(19,20)21/h2-6,9,15H,7-8,10-12H2,1H3,(H2,22,24,25). The number of hydrogen-bond donors (Lipinski definition) is 2. The third kappa shape index (κ3) is 4.78. The highest BCUT2D eigenvalue weighted by atomic mass is 32.2. The van der Waals surface area contributed by atoms with Gasteiger partial charge in [-0.15, -0.1) is 0 Å². The number of nitrogens with one attached hydrogen (secondary N) is 2. The van der Waals surface area contributed by atoms with E-state index in [0.29, 0.717) is 16.8 Å². The van der Waals surface area contributed by atoms with E-state index in [1.54, 1.807) is 13.2 Å². The third-order valence-electron chi connectivity index (χ3n) is 4.81.